The van der Waals surface area contributed by atoms with Crippen molar-refractivity contribution >= 4 is 5.82 Å². The molecular weight excluding hydrogens is 252 g/mol. The van der Waals surface area contributed by atoms with Crippen LogP contribution in [0.2, 0.25) is 0 Å². The fourth-order valence-electron chi connectivity index (χ4n) is 2.87. The van der Waals surface area contributed by atoms with Crippen molar-refractivity contribution < 1.29 is 4.42 Å². The largest absolute Gasteiger partial charge is 0.448 e. The van der Waals surface area contributed by atoms with Crippen LogP contribution in [-0.4, -0.2) is 15.2 Å². The van der Waals surface area contributed by atoms with E-state index in [0.29, 0.717) is 17.7 Å². The van der Waals surface area contributed by atoms with Gasteiger partial charge in [-0.3, -0.25) is 5.10 Å². The first-order valence-corrected chi connectivity index (χ1v) is 7.20. The first-order chi connectivity index (χ1) is 9.43. The van der Waals surface area contributed by atoms with E-state index in [0.717, 1.165) is 36.5 Å². The minimum absolute atomic E-state index is 0.0393. The molecule has 2 unspecified atom stereocenters. The van der Waals surface area contributed by atoms with Gasteiger partial charge < -0.3 is 10.2 Å². The van der Waals surface area contributed by atoms with Crippen molar-refractivity contribution in [3.63, 3.8) is 0 Å². The lowest BCUT2D eigenvalue weighted by Gasteiger charge is -2.13. The summed E-state index contributed by atoms with van der Waals surface area (Å²) in [7, 11) is 0. The van der Waals surface area contributed by atoms with Crippen molar-refractivity contribution in [3.05, 3.63) is 29.6 Å². The molecule has 3 N–H and O–H groups in total. The number of oxazole rings is 1. The molecule has 0 aromatic carbocycles. The van der Waals surface area contributed by atoms with Crippen molar-refractivity contribution in [3.8, 4) is 0 Å². The van der Waals surface area contributed by atoms with Gasteiger partial charge in [-0.2, -0.15) is 5.10 Å². The SMILES string of the molecule is CC(C)(C)c1coc(C2CCC(c3cc(N)n[nH]3)C2)n1. The molecule has 3 rings (SSSR count). The average Bonchev–Trinajstić information content (AvgIpc) is 3.06. The molecule has 0 radical (unpaired) electrons. The van der Waals surface area contributed by atoms with Crippen LogP contribution in [0.1, 0.15) is 69.1 Å². The van der Waals surface area contributed by atoms with E-state index in [1.54, 1.807) is 6.26 Å². The first kappa shape index (κ1) is 13.2. The third kappa shape index (κ3) is 2.44. The smallest absolute Gasteiger partial charge is 0.197 e. The number of nitrogens with one attached hydrogen (secondary N) is 1. The summed E-state index contributed by atoms with van der Waals surface area (Å²) in [6, 6.07) is 1.93. The van der Waals surface area contributed by atoms with E-state index in [-0.39, 0.29) is 5.41 Å². The zero-order chi connectivity index (χ0) is 14.3. The van der Waals surface area contributed by atoms with E-state index >= 15 is 0 Å². The third-order valence-corrected chi connectivity index (χ3v) is 4.13. The first-order valence-electron chi connectivity index (χ1n) is 7.20. The summed E-state index contributed by atoms with van der Waals surface area (Å²) in [5.41, 5.74) is 7.87. The van der Waals surface area contributed by atoms with Gasteiger partial charge in [0, 0.05) is 29.0 Å². The minimum Gasteiger partial charge on any atom is -0.448 e. The Morgan fingerprint density at radius 2 is 2.05 bits per heavy atom. The van der Waals surface area contributed by atoms with Gasteiger partial charge in [-0.1, -0.05) is 20.8 Å². The van der Waals surface area contributed by atoms with E-state index in [4.69, 9.17) is 10.2 Å². The minimum atomic E-state index is 0.0393. The van der Waals surface area contributed by atoms with Crippen LogP contribution < -0.4 is 5.73 Å². The van der Waals surface area contributed by atoms with E-state index < -0.39 is 0 Å². The number of hydrogen-bond donors (Lipinski definition) is 2. The summed E-state index contributed by atoms with van der Waals surface area (Å²) < 4.78 is 5.70. The van der Waals surface area contributed by atoms with Crippen LogP contribution in [0.15, 0.2) is 16.7 Å². The van der Waals surface area contributed by atoms with Crippen LogP contribution in [0.5, 0.6) is 0 Å². The molecule has 0 bridgehead atoms. The summed E-state index contributed by atoms with van der Waals surface area (Å²) in [5.74, 6) is 2.33. The van der Waals surface area contributed by atoms with Gasteiger partial charge in [-0.15, -0.1) is 0 Å². The predicted octanol–water partition coefficient (Wildman–Crippen LogP) is 3.33. The molecular formula is C15H22N4O. The van der Waals surface area contributed by atoms with Crippen molar-refractivity contribution in [1.29, 1.82) is 0 Å². The van der Waals surface area contributed by atoms with Gasteiger partial charge in [-0.05, 0) is 19.3 Å². The highest BCUT2D eigenvalue weighted by atomic mass is 16.3. The Morgan fingerprint density at radius 1 is 1.30 bits per heavy atom. The number of anilines is 1. The van der Waals surface area contributed by atoms with Gasteiger partial charge in [0.15, 0.2) is 5.89 Å². The molecule has 1 aliphatic carbocycles. The Labute approximate surface area is 119 Å². The summed E-state index contributed by atoms with van der Waals surface area (Å²) in [6.07, 6.45) is 5.08. The third-order valence-electron chi connectivity index (χ3n) is 4.13. The van der Waals surface area contributed by atoms with Gasteiger partial charge in [0.1, 0.15) is 12.1 Å². The summed E-state index contributed by atoms with van der Waals surface area (Å²) >= 11 is 0. The predicted molar refractivity (Wildman–Crippen MR) is 77.5 cm³/mol. The molecule has 1 aliphatic rings. The standard InChI is InChI=1S/C15H22N4O/c1-15(2,3)12-8-20-14(17-12)10-5-4-9(6-10)11-7-13(16)19-18-11/h7-10H,4-6H2,1-3H3,(H3,16,18,19). The molecule has 2 aromatic rings. The molecule has 1 saturated carbocycles. The molecule has 2 aromatic heterocycles. The van der Waals surface area contributed by atoms with Gasteiger partial charge in [0.05, 0.1) is 5.69 Å². The number of rotatable bonds is 2. The van der Waals surface area contributed by atoms with Gasteiger partial charge in [-0.25, -0.2) is 4.98 Å². The highest BCUT2D eigenvalue weighted by Gasteiger charge is 2.32. The van der Waals surface area contributed by atoms with Crippen LogP contribution in [0.4, 0.5) is 5.82 Å². The average molecular weight is 274 g/mol. The number of hydrogen-bond acceptors (Lipinski definition) is 4. The maximum absolute atomic E-state index is 5.70. The second kappa shape index (κ2) is 4.65. The van der Waals surface area contributed by atoms with Crippen LogP contribution in [-0.2, 0) is 5.41 Å². The van der Waals surface area contributed by atoms with E-state index in [2.05, 4.69) is 36.0 Å². The Hall–Kier alpha value is -1.78. The second-order valence-corrected chi connectivity index (χ2v) is 6.78. The van der Waals surface area contributed by atoms with Gasteiger partial charge in [0.2, 0.25) is 0 Å². The van der Waals surface area contributed by atoms with Crippen molar-refractivity contribution in [2.24, 2.45) is 0 Å². The van der Waals surface area contributed by atoms with Crippen molar-refractivity contribution in [2.75, 3.05) is 5.73 Å². The summed E-state index contributed by atoms with van der Waals surface area (Å²) in [4.78, 5) is 4.68. The molecule has 108 valence electrons. The summed E-state index contributed by atoms with van der Waals surface area (Å²) in [5, 5.41) is 7.03. The topological polar surface area (TPSA) is 80.7 Å². The van der Waals surface area contributed by atoms with Crippen molar-refractivity contribution in [1.82, 2.24) is 15.2 Å². The maximum atomic E-state index is 5.70. The van der Waals surface area contributed by atoms with Crippen LogP contribution >= 0.6 is 0 Å². The van der Waals surface area contributed by atoms with E-state index in [1.165, 1.54) is 0 Å². The lowest BCUT2D eigenvalue weighted by molar-refractivity contribution is 0.445. The number of aromatic amines is 1. The molecule has 2 heterocycles. The van der Waals surface area contributed by atoms with Crippen LogP contribution in [0.3, 0.4) is 0 Å². The molecule has 0 amide bonds. The van der Waals surface area contributed by atoms with E-state index in [9.17, 15) is 0 Å². The number of nitrogens with two attached hydrogens (primary N) is 1. The number of nitrogens with zero attached hydrogens (tertiary/aromatic N) is 2. The summed E-state index contributed by atoms with van der Waals surface area (Å²) in [6.45, 7) is 6.46. The highest BCUT2D eigenvalue weighted by Crippen LogP contribution is 2.43. The Balaban J connectivity index is 1.72. The second-order valence-electron chi connectivity index (χ2n) is 6.78. The Morgan fingerprint density at radius 3 is 2.65 bits per heavy atom. The Kier molecular flexibility index (Phi) is 3.07. The zero-order valence-corrected chi connectivity index (χ0v) is 12.3. The van der Waals surface area contributed by atoms with Crippen molar-refractivity contribution in [2.45, 2.75) is 57.3 Å². The highest BCUT2D eigenvalue weighted by molar-refractivity contribution is 5.31. The molecule has 0 aliphatic heterocycles. The number of aromatic nitrogens is 3. The molecule has 2 atom stereocenters. The monoisotopic (exact) mass is 274 g/mol. The number of H-pyrrole nitrogens is 1. The van der Waals surface area contributed by atoms with Crippen LogP contribution in [0, 0.1) is 0 Å². The molecule has 0 saturated heterocycles. The lowest BCUT2D eigenvalue weighted by Crippen LogP contribution is -2.11. The zero-order valence-electron chi connectivity index (χ0n) is 12.3. The molecule has 5 heteroatoms. The normalized spacial score (nSPS) is 23.4. The van der Waals surface area contributed by atoms with Gasteiger partial charge >= 0.3 is 0 Å². The van der Waals surface area contributed by atoms with Crippen LogP contribution in [0.25, 0.3) is 0 Å². The Bertz CT molecular complexity index is 593. The molecule has 5 nitrogen and oxygen atoms in total. The van der Waals surface area contributed by atoms with Gasteiger partial charge in [0.25, 0.3) is 0 Å². The fraction of sp³-hybridized carbons (Fsp3) is 0.600. The number of nitrogen functional groups attached to an aromatic ring is 1. The maximum Gasteiger partial charge on any atom is 0.197 e. The lowest BCUT2D eigenvalue weighted by atomic mass is 9.93. The van der Waals surface area contributed by atoms with E-state index in [1.807, 2.05) is 6.07 Å². The molecule has 1 fully saturated rings. The quantitative estimate of drug-likeness (QED) is 0.880. The molecule has 0 spiro atoms. The molecule has 20 heavy (non-hydrogen) atoms. The fourth-order valence-corrected chi connectivity index (χ4v) is 2.87.